The Labute approximate surface area is 159 Å². The Morgan fingerprint density at radius 1 is 1.27 bits per heavy atom. The van der Waals surface area contributed by atoms with E-state index in [0.29, 0.717) is 43.7 Å². The maximum absolute atomic E-state index is 13.3. The highest BCUT2D eigenvalue weighted by Crippen LogP contribution is 2.27. The van der Waals surface area contributed by atoms with Gasteiger partial charge in [-0.25, -0.2) is 4.68 Å². The van der Waals surface area contributed by atoms with Crippen LogP contribution in [-0.4, -0.2) is 46.9 Å². The van der Waals surface area contributed by atoms with Gasteiger partial charge in [0.2, 0.25) is 0 Å². The van der Waals surface area contributed by atoms with Crippen LogP contribution in [0.25, 0.3) is 5.69 Å². The van der Waals surface area contributed by atoms with Crippen LogP contribution in [0.1, 0.15) is 42.5 Å². The highest BCUT2D eigenvalue weighted by Gasteiger charge is 2.28. The van der Waals surface area contributed by atoms with Crippen molar-refractivity contribution in [3.05, 3.63) is 46.2 Å². The number of para-hydroxylation sites is 1. The number of amides is 1. The maximum atomic E-state index is 13.3. The molecule has 1 aliphatic rings. The van der Waals surface area contributed by atoms with E-state index in [2.05, 4.69) is 20.8 Å². The molecule has 1 fully saturated rings. The molecule has 0 spiro atoms. The van der Waals surface area contributed by atoms with Gasteiger partial charge in [-0.3, -0.25) is 4.79 Å². The third-order valence-corrected chi connectivity index (χ3v) is 4.90. The quantitative estimate of drug-likeness (QED) is 0.799. The van der Waals surface area contributed by atoms with Crippen LogP contribution in [-0.2, 0) is 17.6 Å². The molecule has 1 saturated heterocycles. The molecule has 1 aromatic heterocycles. The predicted molar refractivity (Wildman–Crippen MR) is 103 cm³/mol. The third-order valence-electron chi connectivity index (χ3n) is 4.58. The Morgan fingerprint density at radius 2 is 1.96 bits per heavy atom. The lowest BCUT2D eigenvalue weighted by molar-refractivity contribution is 0.0301. The van der Waals surface area contributed by atoms with Crippen LogP contribution < -0.4 is 0 Å². The van der Waals surface area contributed by atoms with Crippen molar-refractivity contribution < 1.29 is 9.53 Å². The number of halogens is 1. The van der Waals surface area contributed by atoms with Crippen molar-refractivity contribution in [3.8, 4) is 5.69 Å². The molecule has 0 atom stereocenters. The zero-order chi connectivity index (χ0) is 18.7. The van der Waals surface area contributed by atoms with E-state index in [0.717, 1.165) is 29.1 Å². The Hall–Kier alpha value is -1.85. The molecule has 140 valence electrons. The van der Waals surface area contributed by atoms with E-state index in [1.54, 1.807) is 0 Å². The molecule has 1 amide bonds. The topological polar surface area (TPSA) is 47.4 Å². The molecule has 2 heterocycles. The molecular weight excluding hydrogens is 350 g/mol. The second-order valence-electron chi connectivity index (χ2n) is 6.99. The minimum absolute atomic E-state index is 0.0547. The van der Waals surface area contributed by atoms with Gasteiger partial charge in [0, 0.05) is 13.1 Å². The fourth-order valence-corrected chi connectivity index (χ4v) is 3.57. The normalized spacial score (nSPS) is 14.9. The van der Waals surface area contributed by atoms with Crippen molar-refractivity contribution in [3.63, 3.8) is 0 Å². The van der Waals surface area contributed by atoms with Crippen LogP contribution >= 0.6 is 11.6 Å². The highest BCUT2D eigenvalue weighted by molar-refractivity contribution is 6.32. The molecule has 26 heavy (non-hydrogen) atoms. The van der Waals surface area contributed by atoms with Gasteiger partial charge in [0.05, 0.1) is 40.9 Å². The lowest BCUT2D eigenvalue weighted by Crippen LogP contribution is -2.41. The van der Waals surface area contributed by atoms with Gasteiger partial charge >= 0.3 is 0 Å². The van der Waals surface area contributed by atoms with E-state index in [9.17, 15) is 4.79 Å². The molecule has 0 bridgehead atoms. The fraction of sp³-hybridized carbons (Fsp3) is 0.500. The number of hydrogen-bond donors (Lipinski definition) is 0. The molecule has 2 aromatic rings. The molecule has 0 saturated carbocycles. The van der Waals surface area contributed by atoms with E-state index in [1.165, 1.54) is 0 Å². The van der Waals surface area contributed by atoms with E-state index in [1.807, 2.05) is 33.8 Å². The van der Waals surface area contributed by atoms with Crippen molar-refractivity contribution in [1.82, 2.24) is 14.7 Å². The SMILES string of the molecule is CCc1c(C(=O)N2CCOCC2)c(CC(C)C)nn1-c1ccccc1Cl. The number of aromatic nitrogens is 2. The van der Waals surface area contributed by atoms with Crippen LogP contribution in [0.3, 0.4) is 0 Å². The molecule has 1 aliphatic heterocycles. The van der Waals surface area contributed by atoms with Crippen LogP contribution in [0, 0.1) is 5.92 Å². The summed E-state index contributed by atoms with van der Waals surface area (Å²) < 4.78 is 7.25. The van der Waals surface area contributed by atoms with E-state index in [-0.39, 0.29) is 5.91 Å². The Balaban J connectivity index is 2.11. The average Bonchev–Trinajstić information content (AvgIpc) is 2.99. The van der Waals surface area contributed by atoms with Crippen LogP contribution in [0.2, 0.25) is 5.02 Å². The lowest BCUT2D eigenvalue weighted by atomic mass is 10.0. The first-order valence-electron chi connectivity index (χ1n) is 9.25. The van der Waals surface area contributed by atoms with Crippen LogP contribution in [0.15, 0.2) is 24.3 Å². The smallest absolute Gasteiger partial charge is 0.257 e. The van der Waals surface area contributed by atoms with Crippen LogP contribution in [0.5, 0.6) is 0 Å². The first-order valence-corrected chi connectivity index (χ1v) is 9.63. The first kappa shape index (κ1) is 18.9. The summed E-state index contributed by atoms with van der Waals surface area (Å²) in [7, 11) is 0. The third kappa shape index (κ3) is 3.79. The summed E-state index contributed by atoms with van der Waals surface area (Å²) in [5.41, 5.74) is 3.33. The number of hydrogen-bond acceptors (Lipinski definition) is 3. The van der Waals surface area contributed by atoms with E-state index in [4.69, 9.17) is 21.4 Å². The molecule has 5 nitrogen and oxygen atoms in total. The number of nitrogens with zero attached hydrogens (tertiary/aromatic N) is 3. The van der Waals surface area contributed by atoms with Gasteiger partial charge in [-0.05, 0) is 30.9 Å². The van der Waals surface area contributed by atoms with Gasteiger partial charge < -0.3 is 9.64 Å². The first-order chi connectivity index (χ1) is 12.5. The summed E-state index contributed by atoms with van der Waals surface area (Å²) >= 11 is 6.41. The molecular formula is C20H26ClN3O2. The zero-order valence-electron chi connectivity index (χ0n) is 15.7. The van der Waals surface area contributed by atoms with E-state index >= 15 is 0 Å². The van der Waals surface area contributed by atoms with Crippen molar-refractivity contribution in [2.45, 2.75) is 33.6 Å². The monoisotopic (exact) mass is 375 g/mol. The lowest BCUT2D eigenvalue weighted by Gasteiger charge is -2.27. The summed E-state index contributed by atoms with van der Waals surface area (Å²) in [5.74, 6) is 0.463. The summed E-state index contributed by atoms with van der Waals surface area (Å²) in [6.07, 6.45) is 1.47. The minimum atomic E-state index is 0.0547. The van der Waals surface area contributed by atoms with Gasteiger partial charge in [-0.15, -0.1) is 0 Å². The Bertz CT molecular complexity index is 779. The molecule has 0 N–H and O–H groups in total. The number of carbonyl (C=O) groups is 1. The molecule has 3 rings (SSSR count). The predicted octanol–water partition coefficient (Wildman–Crippen LogP) is 3.76. The second-order valence-corrected chi connectivity index (χ2v) is 7.39. The van der Waals surface area contributed by atoms with Crippen molar-refractivity contribution in [1.29, 1.82) is 0 Å². The number of rotatable bonds is 5. The molecule has 0 aliphatic carbocycles. The van der Waals surface area contributed by atoms with Crippen molar-refractivity contribution >= 4 is 17.5 Å². The maximum Gasteiger partial charge on any atom is 0.257 e. The van der Waals surface area contributed by atoms with Gasteiger partial charge in [-0.2, -0.15) is 5.10 Å². The molecule has 0 radical (unpaired) electrons. The zero-order valence-corrected chi connectivity index (χ0v) is 16.4. The van der Waals surface area contributed by atoms with Crippen molar-refractivity contribution in [2.75, 3.05) is 26.3 Å². The molecule has 1 aromatic carbocycles. The highest BCUT2D eigenvalue weighted by atomic mass is 35.5. The summed E-state index contributed by atoms with van der Waals surface area (Å²) in [6.45, 7) is 8.77. The summed E-state index contributed by atoms with van der Waals surface area (Å²) in [5, 5.41) is 5.45. The fourth-order valence-electron chi connectivity index (χ4n) is 3.35. The minimum Gasteiger partial charge on any atom is -0.378 e. The summed E-state index contributed by atoms with van der Waals surface area (Å²) in [6, 6.07) is 7.63. The standard InChI is InChI=1S/C20H26ClN3O2/c1-4-17-19(20(25)23-9-11-26-12-10-23)16(13-14(2)3)22-24(17)18-8-6-5-7-15(18)21/h5-8,14H,4,9-13H2,1-3H3. The molecule has 0 unspecified atom stereocenters. The van der Waals surface area contributed by atoms with E-state index < -0.39 is 0 Å². The Morgan fingerprint density at radius 3 is 2.58 bits per heavy atom. The number of carbonyl (C=O) groups excluding carboxylic acids is 1. The number of ether oxygens (including phenoxy) is 1. The van der Waals surface area contributed by atoms with Gasteiger partial charge in [0.1, 0.15) is 0 Å². The number of benzene rings is 1. The summed E-state index contributed by atoms with van der Waals surface area (Å²) in [4.78, 5) is 15.2. The second kappa shape index (κ2) is 8.23. The van der Waals surface area contributed by atoms with Crippen LogP contribution in [0.4, 0.5) is 0 Å². The molecule has 6 heteroatoms. The Kier molecular flexibility index (Phi) is 5.99. The van der Waals surface area contributed by atoms with Gasteiger partial charge in [-0.1, -0.05) is 44.5 Å². The van der Waals surface area contributed by atoms with Gasteiger partial charge in [0.15, 0.2) is 0 Å². The van der Waals surface area contributed by atoms with Crippen molar-refractivity contribution in [2.24, 2.45) is 5.92 Å². The number of morpholine rings is 1. The largest absolute Gasteiger partial charge is 0.378 e. The average molecular weight is 376 g/mol. The van der Waals surface area contributed by atoms with Gasteiger partial charge in [0.25, 0.3) is 5.91 Å².